The van der Waals surface area contributed by atoms with E-state index in [1.54, 1.807) is 11.4 Å². The maximum Gasteiger partial charge on any atom is 0.270 e. The van der Waals surface area contributed by atoms with Crippen molar-refractivity contribution >= 4 is 60.5 Å². The van der Waals surface area contributed by atoms with Gasteiger partial charge in [0, 0.05) is 21.1 Å². The highest BCUT2D eigenvalue weighted by atomic mass is 79.9. The molecule has 19 heavy (non-hydrogen) atoms. The Bertz CT molecular complexity index is 657. The van der Waals surface area contributed by atoms with Gasteiger partial charge < -0.3 is 5.32 Å². The Balaban J connectivity index is 2.23. The van der Waals surface area contributed by atoms with Crippen LogP contribution in [-0.4, -0.2) is 10.8 Å². The molecule has 1 aromatic heterocycles. The lowest BCUT2D eigenvalue weighted by atomic mass is 10.3. The molecular formula is C11H6Br2N2O3S. The molecule has 0 saturated carbocycles. The summed E-state index contributed by atoms with van der Waals surface area (Å²) < 4.78 is 1.18. The molecule has 0 aliphatic carbocycles. The Morgan fingerprint density at radius 1 is 1.26 bits per heavy atom. The zero-order valence-corrected chi connectivity index (χ0v) is 13.2. The van der Waals surface area contributed by atoms with Gasteiger partial charge in [0.05, 0.1) is 10.6 Å². The Kier molecular flexibility index (Phi) is 4.33. The SMILES string of the molecule is O=C(Nc1ccc([N+](=O)[O-])cc1Br)c1sccc1Br. The van der Waals surface area contributed by atoms with E-state index in [1.165, 1.54) is 29.5 Å². The molecule has 8 heteroatoms. The number of nitrogens with one attached hydrogen (secondary N) is 1. The number of hydrogen-bond acceptors (Lipinski definition) is 4. The number of rotatable bonds is 3. The van der Waals surface area contributed by atoms with Gasteiger partial charge in [-0.05, 0) is 49.4 Å². The number of benzene rings is 1. The molecule has 1 amide bonds. The van der Waals surface area contributed by atoms with Crippen molar-refractivity contribution < 1.29 is 9.72 Å². The summed E-state index contributed by atoms with van der Waals surface area (Å²) >= 11 is 7.78. The van der Waals surface area contributed by atoms with E-state index in [4.69, 9.17) is 0 Å². The molecule has 0 aliphatic heterocycles. The third kappa shape index (κ3) is 3.20. The van der Waals surface area contributed by atoms with Gasteiger partial charge in [0.25, 0.3) is 11.6 Å². The first-order valence-electron chi connectivity index (χ1n) is 4.97. The molecule has 0 unspecified atom stereocenters. The van der Waals surface area contributed by atoms with E-state index < -0.39 is 4.92 Å². The number of amides is 1. The third-order valence-electron chi connectivity index (χ3n) is 2.24. The Hall–Kier alpha value is -1.25. The van der Waals surface area contributed by atoms with Crippen molar-refractivity contribution in [2.75, 3.05) is 5.32 Å². The van der Waals surface area contributed by atoms with Gasteiger partial charge in [-0.1, -0.05) is 0 Å². The first kappa shape index (κ1) is 14.2. The van der Waals surface area contributed by atoms with Crippen molar-refractivity contribution in [1.29, 1.82) is 0 Å². The second-order valence-corrected chi connectivity index (χ2v) is 6.10. The molecule has 0 atom stereocenters. The summed E-state index contributed by atoms with van der Waals surface area (Å²) in [5.41, 5.74) is 0.443. The Morgan fingerprint density at radius 2 is 2.00 bits per heavy atom. The van der Waals surface area contributed by atoms with E-state index in [1.807, 2.05) is 0 Å². The van der Waals surface area contributed by atoms with E-state index in [0.29, 0.717) is 19.5 Å². The quantitative estimate of drug-likeness (QED) is 0.606. The van der Waals surface area contributed by atoms with Crippen LogP contribution < -0.4 is 5.32 Å². The number of non-ortho nitro benzene ring substituents is 1. The van der Waals surface area contributed by atoms with E-state index >= 15 is 0 Å². The lowest BCUT2D eigenvalue weighted by Gasteiger charge is -2.06. The zero-order valence-electron chi connectivity index (χ0n) is 9.22. The third-order valence-corrected chi connectivity index (χ3v) is 4.73. The molecule has 0 bridgehead atoms. The molecule has 2 rings (SSSR count). The van der Waals surface area contributed by atoms with Crippen LogP contribution in [0.1, 0.15) is 9.67 Å². The number of nitro groups is 1. The number of nitro benzene ring substituents is 1. The second kappa shape index (κ2) is 5.81. The summed E-state index contributed by atoms with van der Waals surface area (Å²) in [5.74, 6) is -0.267. The van der Waals surface area contributed by atoms with Gasteiger partial charge in [0.1, 0.15) is 4.88 Å². The van der Waals surface area contributed by atoms with Gasteiger partial charge in [-0.2, -0.15) is 0 Å². The minimum absolute atomic E-state index is 0.0396. The highest BCUT2D eigenvalue weighted by molar-refractivity contribution is 9.11. The number of thiophene rings is 1. The minimum Gasteiger partial charge on any atom is -0.320 e. The molecular weight excluding hydrogens is 400 g/mol. The van der Waals surface area contributed by atoms with Crippen LogP contribution in [0.4, 0.5) is 11.4 Å². The number of halogens is 2. The fourth-order valence-corrected chi connectivity index (χ4v) is 3.27. The van der Waals surface area contributed by atoms with Crippen LogP contribution in [0, 0.1) is 10.1 Å². The van der Waals surface area contributed by atoms with Crippen LogP contribution in [-0.2, 0) is 0 Å². The summed E-state index contributed by atoms with van der Waals surface area (Å²) in [5, 5.41) is 15.1. The van der Waals surface area contributed by atoms with Gasteiger partial charge in [-0.15, -0.1) is 11.3 Å². The normalized spacial score (nSPS) is 10.2. The molecule has 1 N–H and O–H groups in total. The minimum atomic E-state index is -0.494. The first-order chi connectivity index (χ1) is 8.99. The fourth-order valence-electron chi connectivity index (χ4n) is 1.35. The summed E-state index contributed by atoms with van der Waals surface area (Å²) in [6.45, 7) is 0. The van der Waals surface area contributed by atoms with Gasteiger partial charge in [-0.3, -0.25) is 14.9 Å². The van der Waals surface area contributed by atoms with Crippen molar-refractivity contribution in [1.82, 2.24) is 0 Å². The Labute approximate surface area is 129 Å². The smallest absolute Gasteiger partial charge is 0.270 e. The molecule has 1 heterocycles. The lowest BCUT2D eigenvalue weighted by molar-refractivity contribution is -0.384. The lowest BCUT2D eigenvalue weighted by Crippen LogP contribution is -2.11. The number of hydrogen-bond donors (Lipinski definition) is 1. The summed E-state index contributed by atoms with van der Waals surface area (Å²) in [6, 6.07) is 5.95. The van der Waals surface area contributed by atoms with Crippen LogP contribution in [0.3, 0.4) is 0 Å². The van der Waals surface area contributed by atoms with Gasteiger partial charge in [0.15, 0.2) is 0 Å². The van der Waals surface area contributed by atoms with E-state index in [9.17, 15) is 14.9 Å². The van der Waals surface area contributed by atoms with Crippen molar-refractivity contribution in [3.63, 3.8) is 0 Å². The van der Waals surface area contributed by atoms with E-state index in [0.717, 1.165) is 0 Å². The highest BCUT2D eigenvalue weighted by Crippen LogP contribution is 2.29. The van der Waals surface area contributed by atoms with Gasteiger partial charge in [-0.25, -0.2) is 0 Å². The molecule has 98 valence electrons. The fraction of sp³-hybridized carbons (Fsp3) is 0. The van der Waals surface area contributed by atoms with Crippen LogP contribution >= 0.6 is 43.2 Å². The summed E-state index contributed by atoms with van der Waals surface area (Å²) in [6.07, 6.45) is 0. The second-order valence-electron chi connectivity index (χ2n) is 3.47. The van der Waals surface area contributed by atoms with Crippen molar-refractivity contribution in [2.45, 2.75) is 0 Å². The van der Waals surface area contributed by atoms with Crippen molar-refractivity contribution in [2.24, 2.45) is 0 Å². The van der Waals surface area contributed by atoms with Crippen LogP contribution in [0.15, 0.2) is 38.6 Å². The van der Waals surface area contributed by atoms with Crippen LogP contribution in [0.25, 0.3) is 0 Å². The standard InChI is InChI=1S/C11H6Br2N2O3S/c12-7-3-4-19-10(7)11(16)14-9-2-1-6(15(17)18)5-8(9)13/h1-5H,(H,14,16). The molecule has 5 nitrogen and oxygen atoms in total. The maximum absolute atomic E-state index is 12.0. The van der Waals surface area contributed by atoms with E-state index in [2.05, 4.69) is 37.2 Å². The molecule has 0 saturated heterocycles. The molecule has 0 fully saturated rings. The first-order valence-corrected chi connectivity index (χ1v) is 7.44. The molecule has 1 aromatic carbocycles. The topological polar surface area (TPSA) is 72.2 Å². The number of carbonyl (C=O) groups excluding carboxylic acids is 1. The predicted molar refractivity (Wildman–Crippen MR) is 80.8 cm³/mol. The van der Waals surface area contributed by atoms with Crippen molar-refractivity contribution in [3.8, 4) is 0 Å². The Morgan fingerprint density at radius 3 is 2.53 bits per heavy atom. The predicted octanol–water partition coefficient (Wildman–Crippen LogP) is 4.43. The maximum atomic E-state index is 12.0. The number of nitrogens with zero attached hydrogens (tertiary/aromatic N) is 1. The molecule has 2 aromatic rings. The van der Waals surface area contributed by atoms with Crippen LogP contribution in [0.2, 0.25) is 0 Å². The van der Waals surface area contributed by atoms with Gasteiger partial charge in [0.2, 0.25) is 0 Å². The molecule has 0 aliphatic rings. The highest BCUT2D eigenvalue weighted by Gasteiger charge is 2.15. The zero-order chi connectivity index (χ0) is 14.0. The molecule has 0 radical (unpaired) electrons. The summed E-state index contributed by atoms with van der Waals surface area (Å²) in [4.78, 5) is 22.6. The molecule has 0 spiro atoms. The number of anilines is 1. The summed E-state index contributed by atoms with van der Waals surface area (Å²) in [7, 11) is 0. The average molecular weight is 406 g/mol. The van der Waals surface area contributed by atoms with Crippen LogP contribution in [0.5, 0.6) is 0 Å². The number of carbonyl (C=O) groups is 1. The average Bonchev–Trinajstić information content (AvgIpc) is 2.77. The monoisotopic (exact) mass is 404 g/mol. The largest absolute Gasteiger partial charge is 0.320 e. The van der Waals surface area contributed by atoms with E-state index in [-0.39, 0.29) is 11.6 Å². The van der Waals surface area contributed by atoms with Gasteiger partial charge >= 0.3 is 0 Å². The van der Waals surface area contributed by atoms with Crippen molar-refractivity contribution in [3.05, 3.63) is 53.6 Å².